The molecule has 0 saturated carbocycles. The van der Waals surface area contributed by atoms with Crippen molar-refractivity contribution in [2.75, 3.05) is 18.4 Å². The van der Waals surface area contributed by atoms with Gasteiger partial charge in [0.1, 0.15) is 12.6 Å². The van der Waals surface area contributed by atoms with Crippen molar-refractivity contribution in [3.63, 3.8) is 0 Å². The topological polar surface area (TPSA) is 159 Å². The lowest BCUT2D eigenvalue weighted by Crippen LogP contribution is -2.51. The Hall–Kier alpha value is -4.97. The van der Waals surface area contributed by atoms with Gasteiger partial charge in [-0.2, -0.15) is 23.5 Å². The molecule has 15 heteroatoms. The van der Waals surface area contributed by atoms with Crippen molar-refractivity contribution in [3.8, 4) is 17.3 Å². The van der Waals surface area contributed by atoms with Gasteiger partial charge in [0.15, 0.2) is 17.2 Å². The number of nitrogens with one attached hydrogen (secondary N) is 2. The predicted octanol–water partition coefficient (Wildman–Crippen LogP) is 3.26. The molecule has 4 aromatic rings. The fourth-order valence-corrected chi connectivity index (χ4v) is 5.04. The van der Waals surface area contributed by atoms with Crippen molar-refractivity contribution in [1.82, 2.24) is 34.4 Å². The third kappa shape index (κ3) is 6.14. The fraction of sp³-hybridized carbons (Fsp3) is 0.357. The van der Waals surface area contributed by atoms with Crippen molar-refractivity contribution < 1.29 is 22.8 Å². The van der Waals surface area contributed by atoms with Gasteiger partial charge < -0.3 is 21.3 Å². The largest absolute Gasteiger partial charge is 0.435 e. The maximum atomic E-state index is 13.7. The molecule has 1 saturated heterocycles. The molecule has 1 aromatic carbocycles. The molecule has 0 bridgehead atoms. The molecule has 1 fully saturated rings. The summed E-state index contributed by atoms with van der Waals surface area (Å²) in [4.78, 5) is 36.1. The highest BCUT2D eigenvalue weighted by Crippen LogP contribution is 2.37. The molecule has 2 amide bonds. The number of carbonyl (C=O) groups is 2. The summed E-state index contributed by atoms with van der Waals surface area (Å²) in [6.45, 7) is 4.18. The van der Waals surface area contributed by atoms with Gasteiger partial charge in [-0.3, -0.25) is 18.7 Å². The maximum absolute atomic E-state index is 13.7. The van der Waals surface area contributed by atoms with E-state index in [4.69, 9.17) is 11.0 Å². The summed E-state index contributed by atoms with van der Waals surface area (Å²) >= 11 is 0. The average Bonchev–Trinajstić information content (AvgIpc) is 3.58. The maximum Gasteiger partial charge on any atom is 0.435 e. The van der Waals surface area contributed by atoms with E-state index >= 15 is 0 Å². The monoisotopic (exact) mass is 594 g/mol. The first-order valence-corrected chi connectivity index (χ1v) is 13.5. The van der Waals surface area contributed by atoms with Crippen molar-refractivity contribution in [1.29, 1.82) is 5.26 Å². The molecule has 43 heavy (non-hydrogen) atoms. The van der Waals surface area contributed by atoms with E-state index in [9.17, 15) is 22.8 Å². The van der Waals surface area contributed by atoms with Crippen LogP contribution in [-0.4, -0.2) is 66.0 Å². The van der Waals surface area contributed by atoms with E-state index in [1.165, 1.54) is 23.0 Å². The number of anilines is 2. The number of aromatic nitrogens is 5. The van der Waals surface area contributed by atoms with E-state index in [2.05, 4.69) is 25.7 Å². The molecule has 1 atom stereocenters. The third-order valence-electron chi connectivity index (χ3n) is 7.27. The molecule has 3 aromatic heterocycles. The zero-order valence-electron chi connectivity index (χ0n) is 23.4. The Labute approximate surface area is 244 Å². The first kappa shape index (κ1) is 29.5. The molecule has 4 heterocycles. The number of likely N-dealkylation sites (tertiary alicyclic amines) is 1. The Balaban J connectivity index is 1.34. The number of nitrogens with two attached hydrogens (primary N) is 1. The van der Waals surface area contributed by atoms with Gasteiger partial charge in [-0.25, -0.2) is 9.97 Å². The number of piperidine rings is 1. The minimum absolute atomic E-state index is 0.0870. The zero-order chi connectivity index (χ0) is 30.9. The standard InChI is InChI=1S/C28H29F3N10O2/c1-16-13-19(3-4-20(16)26(42)36-17(2)27(43)39-9-5-18(33)6-10-39)37-24-25-35-14-22(41(25)12-8-34-24)21-15-40(11-7-32)38-23(21)28(29,30)31/h3-4,8,12-15,17-18H,5-6,9-11,33H2,1-2H3,(H,34,37)(H,36,42)/t17-/m1/s1. The molecule has 0 unspecified atom stereocenters. The SMILES string of the molecule is Cc1cc(Nc2nccn3c(-c4cn(CC#N)nc4C(F)(F)F)cnc23)ccc1C(=O)N[C@H](C)C(=O)N1CCC(N)CC1. The third-order valence-corrected chi connectivity index (χ3v) is 7.27. The number of amides is 2. The zero-order valence-corrected chi connectivity index (χ0v) is 23.4. The van der Waals surface area contributed by atoms with Gasteiger partial charge in [-0.15, -0.1) is 0 Å². The Morgan fingerprint density at radius 3 is 2.65 bits per heavy atom. The number of hydrogen-bond donors (Lipinski definition) is 3. The second kappa shape index (κ2) is 11.7. The summed E-state index contributed by atoms with van der Waals surface area (Å²) < 4.78 is 43.6. The van der Waals surface area contributed by atoms with Crippen LogP contribution < -0.4 is 16.4 Å². The quantitative estimate of drug-likeness (QED) is 0.294. The molecule has 0 spiro atoms. The molecule has 4 N–H and O–H groups in total. The fourth-order valence-electron chi connectivity index (χ4n) is 5.04. The number of alkyl halides is 3. The summed E-state index contributed by atoms with van der Waals surface area (Å²) in [7, 11) is 0. The molecule has 1 aliphatic rings. The van der Waals surface area contributed by atoms with Crippen LogP contribution in [0.4, 0.5) is 24.7 Å². The molecule has 5 rings (SSSR count). The molecule has 1 aliphatic heterocycles. The minimum atomic E-state index is -4.74. The highest BCUT2D eigenvalue weighted by Gasteiger charge is 2.38. The summed E-state index contributed by atoms with van der Waals surface area (Å²) in [5.41, 5.74) is 6.51. The van der Waals surface area contributed by atoms with Crippen LogP contribution in [0.5, 0.6) is 0 Å². The van der Waals surface area contributed by atoms with E-state index in [1.54, 1.807) is 43.0 Å². The number of nitrogens with zero attached hydrogens (tertiary/aromatic N) is 7. The molecule has 224 valence electrons. The van der Waals surface area contributed by atoms with Gasteiger partial charge >= 0.3 is 6.18 Å². The summed E-state index contributed by atoms with van der Waals surface area (Å²) in [5.74, 6) is -0.285. The van der Waals surface area contributed by atoms with Gasteiger partial charge in [0, 0.05) is 49.0 Å². The van der Waals surface area contributed by atoms with Crippen LogP contribution in [0.2, 0.25) is 0 Å². The smallest absolute Gasteiger partial charge is 0.341 e. The van der Waals surface area contributed by atoms with E-state index in [0.29, 0.717) is 29.9 Å². The lowest BCUT2D eigenvalue weighted by Gasteiger charge is -2.32. The highest BCUT2D eigenvalue weighted by molar-refractivity contribution is 5.99. The van der Waals surface area contributed by atoms with E-state index in [0.717, 1.165) is 23.7 Å². The molecular formula is C28H29F3N10O2. The van der Waals surface area contributed by atoms with Crippen LogP contribution in [0, 0.1) is 18.3 Å². The van der Waals surface area contributed by atoms with Crippen molar-refractivity contribution in [2.24, 2.45) is 5.73 Å². The number of nitriles is 1. The first-order valence-electron chi connectivity index (χ1n) is 13.5. The van der Waals surface area contributed by atoms with Crippen LogP contribution in [0.1, 0.15) is 41.4 Å². The first-order chi connectivity index (χ1) is 20.5. The van der Waals surface area contributed by atoms with Gasteiger partial charge in [0.25, 0.3) is 5.91 Å². The predicted molar refractivity (Wildman–Crippen MR) is 150 cm³/mol. The Morgan fingerprint density at radius 1 is 1.23 bits per heavy atom. The van der Waals surface area contributed by atoms with Crippen LogP contribution in [0.15, 0.2) is 43.0 Å². The van der Waals surface area contributed by atoms with Crippen molar-refractivity contribution in [2.45, 2.75) is 51.5 Å². The second-order valence-corrected chi connectivity index (χ2v) is 10.4. The highest BCUT2D eigenvalue weighted by atomic mass is 19.4. The average molecular weight is 595 g/mol. The Bertz CT molecular complexity index is 1710. The van der Waals surface area contributed by atoms with Crippen molar-refractivity contribution in [3.05, 3.63) is 59.8 Å². The number of fused-ring (bicyclic) bond motifs is 1. The summed E-state index contributed by atoms with van der Waals surface area (Å²) in [6, 6.07) is 6.15. The molecular weight excluding hydrogens is 565 g/mol. The molecule has 0 aliphatic carbocycles. The summed E-state index contributed by atoms with van der Waals surface area (Å²) in [5, 5.41) is 18.3. The summed E-state index contributed by atoms with van der Waals surface area (Å²) in [6.07, 6.45) is 2.04. The number of carbonyl (C=O) groups excluding carboxylic acids is 2. The Morgan fingerprint density at radius 2 is 1.98 bits per heavy atom. The number of imidazole rings is 1. The van der Waals surface area contributed by atoms with Crippen LogP contribution in [-0.2, 0) is 17.5 Å². The van der Waals surface area contributed by atoms with E-state index in [1.807, 2.05) is 0 Å². The Kier molecular flexibility index (Phi) is 8.05. The number of halogens is 3. The van der Waals surface area contributed by atoms with Crippen LogP contribution in [0.25, 0.3) is 16.9 Å². The van der Waals surface area contributed by atoms with Gasteiger partial charge in [0.05, 0.1) is 23.5 Å². The number of hydrogen-bond acceptors (Lipinski definition) is 8. The van der Waals surface area contributed by atoms with Gasteiger partial charge in [-0.05, 0) is 50.5 Å². The normalized spacial score (nSPS) is 14.9. The second-order valence-electron chi connectivity index (χ2n) is 10.4. The van der Waals surface area contributed by atoms with Crippen molar-refractivity contribution >= 4 is 29.0 Å². The van der Waals surface area contributed by atoms with Gasteiger partial charge in [0.2, 0.25) is 5.91 Å². The van der Waals surface area contributed by atoms with Gasteiger partial charge in [-0.1, -0.05) is 0 Å². The lowest BCUT2D eigenvalue weighted by molar-refractivity contribution is -0.141. The van der Waals surface area contributed by atoms with Crippen LogP contribution in [0.3, 0.4) is 0 Å². The lowest BCUT2D eigenvalue weighted by atomic mass is 10.0. The number of aryl methyl sites for hydroxylation is 1. The number of rotatable bonds is 7. The minimum Gasteiger partial charge on any atom is -0.341 e. The molecule has 0 radical (unpaired) electrons. The van der Waals surface area contributed by atoms with Crippen LogP contribution >= 0.6 is 0 Å². The van der Waals surface area contributed by atoms with E-state index < -0.39 is 23.8 Å². The molecule has 12 nitrogen and oxygen atoms in total. The van der Waals surface area contributed by atoms with E-state index in [-0.39, 0.29) is 41.2 Å². The number of benzene rings is 1.